The molecule has 3 heterocycles. The molecule has 6 nitrogen and oxygen atoms in total. The number of carbonyl (C=O) groups excluding carboxylic acids is 2. The van der Waals surface area contributed by atoms with E-state index in [1.165, 1.54) is 17.4 Å². The molecule has 0 aromatic carbocycles. The second-order valence-corrected chi connectivity index (χ2v) is 10.1. The van der Waals surface area contributed by atoms with E-state index in [1.54, 1.807) is 23.3 Å². The van der Waals surface area contributed by atoms with E-state index >= 15 is 0 Å². The normalized spacial score (nSPS) is 25.9. The van der Waals surface area contributed by atoms with Crippen molar-refractivity contribution in [1.29, 1.82) is 0 Å². The van der Waals surface area contributed by atoms with Crippen LogP contribution in [0.3, 0.4) is 0 Å². The van der Waals surface area contributed by atoms with Gasteiger partial charge >= 0.3 is 0 Å². The van der Waals surface area contributed by atoms with E-state index in [0.717, 1.165) is 0 Å². The van der Waals surface area contributed by atoms with Crippen molar-refractivity contribution >= 4 is 33.0 Å². The van der Waals surface area contributed by atoms with Crippen molar-refractivity contribution in [2.75, 3.05) is 13.1 Å². The molecule has 25 heavy (non-hydrogen) atoms. The van der Waals surface area contributed by atoms with Crippen LogP contribution in [0.5, 0.6) is 0 Å². The molecule has 0 spiro atoms. The van der Waals surface area contributed by atoms with Gasteiger partial charge in [-0.2, -0.15) is 0 Å². The summed E-state index contributed by atoms with van der Waals surface area (Å²) in [7, 11) is -3.28. The third kappa shape index (κ3) is 3.37. The lowest BCUT2D eigenvalue weighted by molar-refractivity contribution is -0.132. The Balaban J connectivity index is 1.67. The number of piperidine rings is 1. The van der Waals surface area contributed by atoms with E-state index in [2.05, 4.69) is 11.9 Å². The predicted octanol–water partition coefficient (Wildman–Crippen LogP) is 1.90. The molecule has 3 rings (SSSR count). The molecule has 0 saturated carbocycles. The van der Waals surface area contributed by atoms with Gasteiger partial charge in [-0.05, 0) is 43.7 Å². The molecule has 0 aliphatic carbocycles. The van der Waals surface area contributed by atoms with Crippen LogP contribution in [0.25, 0.3) is 0 Å². The summed E-state index contributed by atoms with van der Waals surface area (Å²) in [5, 5.41) is 4.30. The van der Waals surface area contributed by atoms with Crippen LogP contribution in [0.1, 0.15) is 37.8 Å². The minimum atomic E-state index is -3.28. The summed E-state index contributed by atoms with van der Waals surface area (Å²) in [4.78, 5) is 25.9. The topological polar surface area (TPSA) is 83.6 Å². The number of hydrogen-bond donors (Lipinski definition) is 1. The first-order chi connectivity index (χ1) is 11.8. The summed E-state index contributed by atoms with van der Waals surface area (Å²) >= 11 is 1.22. The number of fused-ring (bicyclic) bond motifs is 1. The van der Waals surface area contributed by atoms with Crippen molar-refractivity contribution in [3.63, 3.8) is 0 Å². The van der Waals surface area contributed by atoms with E-state index < -0.39 is 15.1 Å². The molecule has 2 aliphatic rings. The van der Waals surface area contributed by atoms with E-state index in [1.807, 2.05) is 0 Å². The monoisotopic (exact) mass is 382 g/mol. The van der Waals surface area contributed by atoms with Gasteiger partial charge in [0.1, 0.15) is 4.21 Å². The summed E-state index contributed by atoms with van der Waals surface area (Å²) in [5.74, 6) is -0.308. The maximum absolute atomic E-state index is 12.6. The van der Waals surface area contributed by atoms with Crippen LogP contribution < -0.4 is 5.32 Å². The Morgan fingerprint density at radius 2 is 2.04 bits per heavy atom. The second kappa shape index (κ2) is 6.92. The fourth-order valence-electron chi connectivity index (χ4n) is 3.48. The van der Waals surface area contributed by atoms with E-state index in [4.69, 9.17) is 0 Å². The van der Waals surface area contributed by atoms with Gasteiger partial charge in [-0.25, -0.2) is 8.42 Å². The molecule has 1 aromatic rings. The number of nitrogens with zero attached hydrogens (tertiary/aromatic N) is 1. The lowest BCUT2D eigenvalue weighted by Gasteiger charge is -2.33. The summed E-state index contributed by atoms with van der Waals surface area (Å²) in [6.45, 7) is 6.26. The maximum Gasteiger partial charge on any atom is 0.245 e. The minimum Gasteiger partial charge on any atom is -0.349 e. The molecule has 0 radical (unpaired) electrons. The van der Waals surface area contributed by atoms with Crippen LogP contribution in [0.15, 0.2) is 28.3 Å². The van der Waals surface area contributed by atoms with Gasteiger partial charge in [-0.1, -0.05) is 6.58 Å². The number of sulfone groups is 1. The van der Waals surface area contributed by atoms with E-state index in [-0.39, 0.29) is 23.8 Å². The first kappa shape index (κ1) is 18.1. The molecule has 2 atom stereocenters. The minimum absolute atomic E-state index is 0.0562. The highest BCUT2D eigenvalue weighted by molar-refractivity contribution is 7.94. The molecule has 0 unspecified atom stereocenters. The van der Waals surface area contributed by atoms with E-state index in [9.17, 15) is 18.0 Å². The number of hydrogen-bond acceptors (Lipinski definition) is 5. The largest absolute Gasteiger partial charge is 0.349 e. The quantitative estimate of drug-likeness (QED) is 0.810. The van der Waals surface area contributed by atoms with Crippen LogP contribution in [-0.2, 0) is 19.4 Å². The van der Waals surface area contributed by atoms with E-state index in [0.29, 0.717) is 42.1 Å². The first-order valence-corrected chi connectivity index (χ1v) is 10.8. The fourth-order valence-corrected chi connectivity index (χ4v) is 6.71. The smallest absolute Gasteiger partial charge is 0.245 e. The number of rotatable bonds is 3. The van der Waals surface area contributed by atoms with Crippen molar-refractivity contribution in [3.8, 4) is 0 Å². The fraction of sp³-hybridized carbons (Fsp3) is 0.529. The van der Waals surface area contributed by atoms with Crippen LogP contribution in [-0.4, -0.2) is 43.5 Å². The van der Waals surface area contributed by atoms with Crippen LogP contribution >= 0.6 is 11.3 Å². The summed E-state index contributed by atoms with van der Waals surface area (Å²) in [6, 6.07) is 1.53. The number of nitrogens with one attached hydrogen (secondary N) is 1. The molecular formula is C17H22N2O4S2. The Kier molecular flexibility index (Phi) is 5.02. The van der Waals surface area contributed by atoms with Crippen LogP contribution in [0.2, 0.25) is 0 Å². The first-order valence-electron chi connectivity index (χ1n) is 8.37. The Bertz CT molecular complexity index is 791. The van der Waals surface area contributed by atoms with Crippen molar-refractivity contribution in [3.05, 3.63) is 29.7 Å². The van der Waals surface area contributed by atoms with Crippen LogP contribution in [0.4, 0.5) is 0 Å². The van der Waals surface area contributed by atoms with Gasteiger partial charge < -0.3 is 10.2 Å². The molecule has 8 heteroatoms. The zero-order valence-corrected chi connectivity index (χ0v) is 15.7. The number of amides is 2. The molecule has 2 amide bonds. The second-order valence-electron chi connectivity index (χ2n) is 6.62. The molecule has 1 saturated heterocycles. The molecule has 0 bridgehead atoms. The Hall–Kier alpha value is -1.67. The molecule has 136 valence electrons. The SMILES string of the molecule is C=CC(=O)N1CCC(C(=O)N[C@H]2C[C@H](C)S(=O)(=O)c3sccc32)CC1. The number of thiophene rings is 1. The van der Waals surface area contributed by atoms with Crippen molar-refractivity contribution in [1.82, 2.24) is 10.2 Å². The molecule has 1 aromatic heterocycles. The van der Waals surface area contributed by atoms with Gasteiger partial charge in [0, 0.05) is 24.6 Å². The third-order valence-electron chi connectivity index (χ3n) is 5.06. The Labute approximate surface area is 151 Å². The summed E-state index contributed by atoms with van der Waals surface area (Å²) in [6.07, 6.45) is 2.92. The van der Waals surface area contributed by atoms with Crippen molar-refractivity contribution in [2.45, 2.75) is 41.7 Å². The molecule has 2 aliphatic heterocycles. The predicted molar refractivity (Wildman–Crippen MR) is 96.0 cm³/mol. The zero-order chi connectivity index (χ0) is 18.2. The highest BCUT2D eigenvalue weighted by atomic mass is 32.2. The zero-order valence-electron chi connectivity index (χ0n) is 14.1. The summed E-state index contributed by atoms with van der Waals surface area (Å²) in [5.41, 5.74) is 0.704. The van der Waals surface area contributed by atoms with Gasteiger partial charge in [-0.15, -0.1) is 11.3 Å². The Morgan fingerprint density at radius 3 is 2.68 bits per heavy atom. The van der Waals surface area contributed by atoms with Gasteiger partial charge in [0.2, 0.25) is 11.8 Å². The average molecular weight is 383 g/mol. The Morgan fingerprint density at radius 1 is 1.36 bits per heavy atom. The van der Waals surface area contributed by atoms with Gasteiger partial charge in [-0.3, -0.25) is 9.59 Å². The molecule has 1 fully saturated rings. The van der Waals surface area contributed by atoms with Crippen molar-refractivity contribution < 1.29 is 18.0 Å². The maximum atomic E-state index is 12.6. The third-order valence-corrected chi connectivity index (χ3v) is 8.77. The van der Waals surface area contributed by atoms with Crippen LogP contribution in [0, 0.1) is 5.92 Å². The number of carbonyl (C=O) groups is 2. The van der Waals surface area contributed by atoms with Gasteiger partial charge in [0.15, 0.2) is 9.84 Å². The average Bonchev–Trinajstić information content (AvgIpc) is 3.10. The standard InChI is InChI=1S/C17H22N2O4S2/c1-3-15(20)19-7-4-12(5-8-19)16(21)18-14-10-11(2)25(22,23)17-13(14)6-9-24-17/h3,6,9,11-12,14H,1,4-5,7-8,10H2,2H3,(H,18,21)/t11-,14-/m0/s1. The summed E-state index contributed by atoms with van der Waals surface area (Å²) < 4.78 is 25.1. The lowest BCUT2D eigenvalue weighted by Crippen LogP contribution is -2.44. The molecule has 1 N–H and O–H groups in total. The highest BCUT2D eigenvalue weighted by Crippen LogP contribution is 2.39. The lowest BCUT2D eigenvalue weighted by atomic mass is 9.94. The van der Waals surface area contributed by atoms with Gasteiger partial charge in [0.25, 0.3) is 0 Å². The van der Waals surface area contributed by atoms with Gasteiger partial charge in [0.05, 0.1) is 11.3 Å². The highest BCUT2D eigenvalue weighted by Gasteiger charge is 2.38. The van der Waals surface area contributed by atoms with Crippen molar-refractivity contribution in [2.24, 2.45) is 5.92 Å². The molecular weight excluding hydrogens is 360 g/mol. The number of likely N-dealkylation sites (tertiary alicyclic amines) is 1.